The number of carbonyl (C=O) groups is 2. The molecule has 0 unspecified atom stereocenters. The summed E-state index contributed by atoms with van der Waals surface area (Å²) >= 11 is 5.75. The molecule has 0 bridgehead atoms. The molecule has 2 heterocycles. The molecule has 0 aliphatic carbocycles. The maximum Gasteiger partial charge on any atom is 0.311 e. The summed E-state index contributed by atoms with van der Waals surface area (Å²) in [6, 6.07) is 8.48. The van der Waals surface area contributed by atoms with Gasteiger partial charge in [-0.15, -0.1) is 0 Å². The highest BCUT2D eigenvalue weighted by atomic mass is 35.5. The maximum absolute atomic E-state index is 12.2. The van der Waals surface area contributed by atoms with E-state index >= 15 is 0 Å². The second kappa shape index (κ2) is 8.09. The highest BCUT2D eigenvalue weighted by Crippen LogP contribution is 2.26. The van der Waals surface area contributed by atoms with Crippen molar-refractivity contribution < 1.29 is 23.5 Å². The molecule has 3 aromatic rings. The van der Waals surface area contributed by atoms with Gasteiger partial charge in [0.15, 0.2) is 6.10 Å². The third-order valence-electron chi connectivity index (χ3n) is 3.85. The summed E-state index contributed by atoms with van der Waals surface area (Å²) < 4.78 is 15.8. The molecule has 0 saturated heterocycles. The van der Waals surface area contributed by atoms with Crippen LogP contribution in [0.3, 0.4) is 0 Å². The average molecular weight is 389 g/mol. The number of nitrogens with zero attached hydrogens (tertiary/aromatic N) is 1. The Balaban J connectivity index is 1.60. The number of esters is 1. The van der Waals surface area contributed by atoms with Crippen LogP contribution in [-0.2, 0) is 20.7 Å². The summed E-state index contributed by atoms with van der Waals surface area (Å²) in [7, 11) is 1.56. The van der Waals surface area contributed by atoms with Gasteiger partial charge in [-0.25, -0.2) is 4.98 Å². The number of aromatic nitrogens is 1. The molecular weight excluding hydrogens is 372 g/mol. The molecule has 1 atom stereocenters. The highest BCUT2D eigenvalue weighted by Gasteiger charge is 2.20. The summed E-state index contributed by atoms with van der Waals surface area (Å²) in [4.78, 5) is 28.3. The van der Waals surface area contributed by atoms with Crippen molar-refractivity contribution in [2.24, 2.45) is 0 Å². The first-order chi connectivity index (χ1) is 13.0. The number of benzene rings is 1. The lowest BCUT2D eigenvalue weighted by atomic mass is 10.1. The van der Waals surface area contributed by atoms with Crippen LogP contribution in [0.4, 0.5) is 5.82 Å². The van der Waals surface area contributed by atoms with Crippen molar-refractivity contribution in [1.29, 1.82) is 0 Å². The number of pyridine rings is 1. The Morgan fingerprint density at radius 3 is 2.81 bits per heavy atom. The number of hydrogen-bond donors (Lipinski definition) is 1. The zero-order chi connectivity index (χ0) is 19.4. The predicted molar refractivity (Wildman–Crippen MR) is 99.9 cm³/mol. The van der Waals surface area contributed by atoms with Crippen LogP contribution in [0.15, 0.2) is 47.2 Å². The molecule has 1 N–H and O–H groups in total. The smallest absolute Gasteiger partial charge is 0.311 e. The van der Waals surface area contributed by atoms with Crippen molar-refractivity contribution in [3.8, 4) is 5.75 Å². The van der Waals surface area contributed by atoms with Crippen molar-refractivity contribution in [3.63, 3.8) is 0 Å². The van der Waals surface area contributed by atoms with E-state index in [1.54, 1.807) is 31.4 Å². The van der Waals surface area contributed by atoms with E-state index in [-0.39, 0.29) is 6.42 Å². The minimum Gasteiger partial charge on any atom is -0.497 e. The molecule has 1 amide bonds. The van der Waals surface area contributed by atoms with Gasteiger partial charge in [0.1, 0.15) is 17.2 Å². The van der Waals surface area contributed by atoms with Crippen molar-refractivity contribution in [3.05, 3.63) is 53.4 Å². The van der Waals surface area contributed by atoms with Gasteiger partial charge in [-0.05, 0) is 31.2 Å². The van der Waals surface area contributed by atoms with Crippen LogP contribution >= 0.6 is 11.6 Å². The first-order valence-corrected chi connectivity index (χ1v) is 8.50. The van der Waals surface area contributed by atoms with Crippen molar-refractivity contribution in [2.75, 3.05) is 12.4 Å². The van der Waals surface area contributed by atoms with E-state index < -0.39 is 18.0 Å². The summed E-state index contributed by atoms with van der Waals surface area (Å²) in [6.07, 6.45) is 1.91. The Morgan fingerprint density at radius 2 is 2.11 bits per heavy atom. The standard InChI is InChI=1S/C19H17ClN2O5/c1-11(19(24)22-17-6-3-13(20)9-21-17)27-18(23)7-12-10-26-16-8-14(25-2)4-5-15(12)16/h3-6,8-11H,7H2,1-2H3,(H,21,22,24)/t11-/m1/s1. The van der Waals surface area contributed by atoms with Crippen LogP contribution in [-0.4, -0.2) is 30.1 Å². The molecule has 1 aromatic carbocycles. The summed E-state index contributed by atoms with van der Waals surface area (Å²) in [5, 5.41) is 3.80. The number of anilines is 1. The number of furan rings is 1. The Labute approximate surface area is 160 Å². The lowest BCUT2D eigenvalue weighted by Gasteiger charge is -2.13. The van der Waals surface area contributed by atoms with E-state index in [4.69, 9.17) is 25.5 Å². The van der Waals surface area contributed by atoms with Gasteiger partial charge >= 0.3 is 5.97 Å². The molecule has 0 spiro atoms. The molecular formula is C19H17ClN2O5. The zero-order valence-corrected chi connectivity index (χ0v) is 15.4. The lowest BCUT2D eigenvalue weighted by molar-refractivity contribution is -0.152. The van der Waals surface area contributed by atoms with Gasteiger partial charge in [0.25, 0.3) is 5.91 Å². The van der Waals surface area contributed by atoms with Gasteiger partial charge in [0.05, 0.1) is 24.8 Å². The van der Waals surface area contributed by atoms with E-state index in [0.717, 1.165) is 5.39 Å². The molecule has 0 fully saturated rings. The van der Waals surface area contributed by atoms with Crippen molar-refractivity contribution >= 4 is 40.3 Å². The topological polar surface area (TPSA) is 90.7 Å². The zero-order valence-electron chi connectivity index (χ0n) is 14.7. The Morgan fingerprint density at radius 1 is 1.30 bits per heavy atom. The third kappa shape index (κ3) is 4.57. The molecule has 0 aliphatic heterocycles. The van der Waals surface area contributed by atoms with Gasteiger partial charge in [0, 0.05) is 23.2 Å². The van der Waals surface area contributed by atoms with Crippen LogP contribution in [0.5, 0.6) is 5.75 Å². The van der Waals surface area contributed by atoms with E-state index in [2.05, 4.69) is 10.3 Å². The molecule has 0 radical (unpaired) electrons. The SMILES string of the molecule is COc1ccc2c(CC(=O)O[C@H](C)C(=O)Nc3ccc(Cl)cn3)coc2c1. The first-order valence-electron chi connectivity index (χ1n) is 8.12. The van der Waals surface area contributed by atoms with E-state index in [0.29, 0.717) is 27.7 Å². The monoisotopic (exact) mass is 388 g/mol. The minimum absolute atomic E-state index is 0.0177. The second-order valence-corrected chi connectivity index (χ2v) is 6.22. The molecule has 27 heavy (non-hydrogen) atoms. The molecule has 0 aliphatic rings. The number of nitrogens with one attached hydrogen (secondary N) is 1. The molecule has 3 rings (SSSR count). The van der Waals surface area contributed by atoms with Crippen LogP contribution in [0, 0.1) is 0 Å². The average Bonchev–Trinajstić information content (AvgIpc) is 3.05. The fourth-order valence-corrected chi connectivity index (χ4v) is 2.56. The van der Waals surface area contributed by atoms with Crippen LogP contribution < -0.4 is 10.1 Å². The Kier molecular flexibility index (Phi) is 5.61. The number of carbonyl (C=O) groups excluding carboxylic acids is 2. The van der Waals surface area contributed by atoms with Gasteiger partial charge in [-0.3, -0.25) is 9.59 Å². The fourth-order valence-electron chi connectivity index (χ4n) is 2.45. The highest BCUT2D eigenvalue weighted by molar-refractivity contribution is 6.30. The molecule has 8 heteroatoms. The van der Waals surface area contributed by atoms with Gasteiger partial charge < -0.3 is 19.2 Å². The second-order valence-electron chi connectivity index (χ2n) is 5.78. The summed E-state index contributed by atoms with van der Waals surface area (Å²) in [5.74, 6) is -0.0469. The van der Waals surface area contributed by atoms with E-state index in [9.17, 15) is 9.59 Å². The summed E-state index contributed by atoms with van der Waals surface area (Å²) in [6.45, 7) is 1.49. The van der Waals surface area contributed by atoms with E-state index in [1.165, 1.54) is 19.4 Å². The number of methoxy groups -OCH3 is 1. The largest absolute Gasteiger partial charge is 0.497 e. The van der Waals surface area contributed by atoms with Crippen LogP contribution in [0.25, 0.3) is 11.0 Å². The molecule has 2 aromatic heterocycles. The Bertz CT molecular complexity index is 968. The van der Waals surface area contributed by atoms with Crippen molar-refractivity contribution in [1.82, 2.24) is 4.98 Å². The molecule has 140 valence electrons. The number of amides is 1. The first kappa shape index (κ1) is 18.7. The van der Waals surface area contributed by atoms with Crippen LogP contribution in [0.2, 0.25) is 5.02 Å². The Hall–Kier alpha value is -3.06. The number of hydrogen-bond acceptors (Lipinski definition) is 6. The van der Waals surface area contributed by atoms with Gasteiger partial charge in [-0.2, -0.15) is 0 Å². The number of fused-ring (bicyclic) bond motifs is 1. The maximum atomic E-state index is 12.2. The number of ether oxygens (including phenoxy) is 2. The van der Waals surface area contributed by atoms with Gasteiger partial charge in [-0.1, -0.05) is 11.6 Å². The van der Waals surface area contributed by atoms with Gasteiger partial charge in [0.2, 0.25) is 0 Å². The summed E-state index contributed by atoms with van der Waals surface area (Å²) in [5.41, 5.74) is 1.28. The van der Waals surface area contributed by atoms with Crippen molar-refractivity contribution in [2.45, 2.75) is 19.4 Å². The normalized spacial score (nSPS) is 11.8. The van der Waals surface area contributed by atoms with Crippen LogP contribution in [0.1, 0.15) is 12.5 Å². The van der Waals surface area contributed by atoms with E-state index in [1.807, 2.05) is 6.07 Å². The third-order valence-corrected chi connectivity index (χ3v) is 4.08. The number of rotatable bonds is 6. The fraction of sp³-hybridized carbons (Fsp3) is 0.211. The quantitative estimate of drug-likeness (QED) is 0.649. The number of halogens is 1. The predicted octanol–water partition coefficient (Wildman–Crippen LogP) is 3.60. The molecule has 0 saturated carbocycles. The lowest BCUT2D eigenvalue weighted by Crippen LogP contribution is -2.30. The molecule has 7 nitrogen and oxygen atoms in total. The minimum atomic E-state index is -0.978.